The highest BCUT2D eigenvalue weighted by Gasteiger charge is 2.35. The molecule has 164 valence electrons. The quantitative estimate of drug-likeness (QED) is 0.479. The first-order valence-electron chi connectivity index (χ1n) is 10.1. The van der Waals surface area contributed by atoms with Gasteiger partial charge in [0.05, 0.1) is 11.2 Å². The van der Waals surface area contributed by atoms with Crippen LogP contribution in [0.15, 0.2) is 30.5 Å². The molecule has 0 spiro atoms. The van der Waals surface area contributed by atoms with Gasteiger partial charge in [0.1, 0.15) is 23.7 Å². The molecule has 0 aliphatic heterocycles. The monoisotopic (exact) mass is 425 g/mol. The van der Waals surface area contributed by atoms with Crippen LogP contribution in [0.5, 0.6) is 5.75 Å². The van der Waals surface area contributed by atoms with E-state index in [0.29, 0.717) is 11.8 Å². The van der Waals surface area contributed by atoms with E-state index in [9.17, 15) is 17.6 Å². The van der Waals surface area contributed by atoms with Crippen LogP contribution in [0.3, 0.4) is 0 Å². The number of nitrogens with two attached hydrogens (primary N) is 1. The van der Waals surface area contributed by atoms with Crippen molar-refractivity contribution in [2.45, 2.75) is 57.9 Å². The lowest BCUT2D eigenvalue weighted by Gasteiger charge is -2.31. The number of halogens is 4. The van der Waals surface area contributed by atoms with Gasteiger partial charge in [0.2, 0.25) is 0 Å². The molecule has 2 heterocycles. The first-order chi connectivity index (χ1) is 14.2. The van der Waals surface area contributed by atoms with Gasteiger partial charge in [-0.1, -0.05) is 26.7 Å². The molecule has 1 aliphatic carbocycles. The van der Waals surface area contributed by atoms with Crippen molar-refractivity contribution in [3.63, 3.8) is 0 Å². The minimum absolute atomic E-state index is 0.0359. The largest absolute Gasteiger partial charge is 0.490 e. The van der Waals surface area contributed by atoms with E-state index in [-0.39, 0.29) is 23.6 Å². The zero-order valence-electron chi connectivity index (χ0n) is 17.1. The maximum Gasteiger partial charge on any atom is 0.284 e. The smallest absolute Gasteiger partial charge is 0.284 e. The maximum absolute atomic E-state index is 13.7. The minimum Gasteiger partial charge on any atom is -0.490 e. The molecule has 1 atom stereocenters. The lowest BCUT2D eigenvalue weighted by atomic mass is 9.85. The van der Waals surface area contributed by atoms with Crippen molar-refractivity contribution in [3.05, 3.63) is 41.9 Å². The molecule has 1 fully saturated rings. The molecule has 1 aliphatic rings. The van der Waals surface area contributed by atoms with Crippen LogP contribution in [0.1, 0.15) is 63.8 Å². The summed E-state index contributed by atoms with van der Waals surface area (Å²) in [5, 5.41) is 0. The van der Waals surface area contributed by atoms with E-state index >= 15 is 0 Å². The van der Waals surface area contributed by atoms with Crippen LogP contribution in [-0.4, -0.2) is 22.1 Å². The standard InChI is InChI=1S/C22H27F4N3O/c1-13(2)10-22(27,11-14-3-4-14)12-30-18-6-5-16(29-19(18)21(25)26)15-7-8-28-17(9-15)20(23)24/h5-9,13-14,20-21H,3-4,10-12,27H2,1-2H3/t22-/m1/s1. The molecule has 2 aromatic heterocycles. The van der Waals surface area contributed by atoms with Crippen molar-refractivity contribution in [2.24, 2.45) is 17.6 Å². The molecule has 1 saturated carbocycles. The van der Waals surface area contributed by atoms with E-state index in [0.717, 1.165) is 31.7 Å². The summed E-state index contributed by atoms with van der Waals surface area (Å²) in [6.45, 7) is 4.25. The summed E-state index contributed by atoms with van der Waals surface area (Å²) in [7, 11) is 0. The summed E-state index contributed by atoms with van der Waals surface area (Å²) >= 11 is 0. The van der Waals surface area contributed by atoms with Gasteiger partial charge < -0.3 is 10.5 Å². The first-order valence-corrected chi connectivity index (χ1v) is 10.1. The molecule has 0 aromatic carbocycles. The summed E-state index contributed by atoms with van der Waals surface area (Å²) < 4.78 is 58.9. The summed E-state index contributed by atoms with van der Waals surface area (Å²) in [4.78, 5) is 7.57. The van der Waals surface area contributed by atoms with Gasteiger partial charge in [0, 0.05) is 11.8 Å². The second-order valence-corrected chi connectivity index (χ2v) is 8.55. The van der Waals surface area contributed by atoms with Crippen LogP contribution in [0, 0.1) is 11.8 Å². The predicted molar refractivity (Wildman–Crippen MR) is 107 cm³/mol. The van der Waals surface area contributed by atoms with Gasteiger partial charge in [-0.25, -0.2) is 22.5 Å². The Kier molecular flexibility index (Phi) is 6.95. The number of alkyl halides is 4. The minimum atomic E-state index is -2.88. The molecule has 0 amide bonds. The van der Waals surface area contributed by atoms with Crippen LogP contribution < -0.4 is 10.5 Å². The lowest BCUT2D eigenvalue weighted by molar-refractivity contribution is 0.130. The van der Waals surface area contributed by atoms with Crippen LogP contribution in [0.4, 0.5) is 17.6 Å². The second-order valence-electron chi connectivity index (χ2n) is 8.55. The molecular formula is C22H27F4N3O. The topological polar surface area (TPSA) is 61.0 Å². The van der Waals surface area contributed by atoms with Gasteiger partial charge in [-0.05, 0) is 48.9 Å². The molecule has 0 unspecified atom stereocenters. The van der Waals surface area contributed by atoms with Gasteiger partial charge in [-0.15, -0.1) is 0 Å². The molecule has 0 saturated heterocycles. The third-order valence-electron chi connectivity index (χ3n) is 5.12. The van der Waals surface area contributed by atoms with E-state index in [1.54, 1.807) is 0 Å². The first kappa shape index (κ1) is 22.5. The number of hydrogen-bond donors (Lipinski definition) is 1. The lowest BCUT2D eigenvalue weighted by Crippen LogP contribution is -2.47. The summed E-state index contributed by atoms with van der Waals surface area (Å²) in [5.41, 5.74) is 5.46. The zero-order valence-corrected chi connectivity index (χ0v) is 17.1. The van der Waals surface area contributed by atoms with E-state index < -0.39 is 29.8 Å². The van der Waals surface area contributed by atoms with Crippen LogP contribution >= 0.6 is 0 Å². The van der Waals surface area contributed by atoms with Crippen molar-refractivity contribution in [1.82, 2.24) is 9.97 Å². The Morgan fingerprint density at radius 1 is 1.13 bits per heavy atom. The Morgan fingerprint density at radius 2 is 1.87 bits per heavy atom. The number of hydrogen-bond acceptors (Lipinski definition) is 4. The molecule has 0 bridgehead atoms. The zero-order chi connectivity index (χ0) is 21.9. The van der Waals surface area contributed by atoms with E-state index in [2.05, 4.69) is 23.8 Å². The fourth-order valence-corrected chi connectivity index (χ4v) is 3.76. The van der Waals surface area contributed by atoms with Crippen molar-refractivity contribution < 1.29 is 22.3 Å². The van der Waals surface area contributed by atoms with Gasteiger partial charge in [-0.3, -0.25) is 4.98 Å². The summed E-state index contributed by atoms with van der Waals surface area (Å²) in [6, 6.07) is 5.48. The molecule has 3 rings (SSSR count). The number of rotatable bonds is 10. The molecular weight excluding hydrogens is 398 g/mol. The highest BCUT2D eigenvalue weighted by atomic mass is 19.3. The summed E-state index contributed by atoms with van der Waals surface area (Å²) in [6.07, 6.45) is -0.619. The summed E-state index contributed by atoms with van der Waals surface area (Å²) in [5.74, 6) is 0.887. The number of nitrogens with zero attached hydrogens (tertiary/aromatic N) is 2. The van der Waals surface area contributed by atoms with Gasteiger partial charge >= 0.3 is 0 Å². The highest BCUT2D eigenvalue weighted by Crippen LogP contribution is 2.39. The van der Waals surface area contributed by atoms with Gasteiger partial charge in [0.15, 0.2) is 0 Å². The third-order valence-corrected chi connectivity index (χ3v) is 5.12. The predicted octanol–water partition coefficient (Wildman–Crippen LogP) is 5.94. The molecule has 2 aromatic rings. The van der Waals surface area contributed by atoms with Gasteiger partial charge in [0.25, 0.3) is 12.9 Å². The fraction of sp³-hybridized carbons (Fsp3) is 0.545. The average molecular weight is 425 g/mol. The maximum atomic E-state index is 13.7. The number of ether oxygens (including phenoxy) is 1. The molecule has 0 radical (unpaired) electrons. The molecule has 4 nitrogen and oxygen atoms in total. The van der Waals surface area contributed by atoms with E-state index in [1.807, 2.05) is 0 Å². The van der Waals surface area contributed by atoms with Crippen molar-refractivity contribution >= 4 is 0 Å². The van der Waals surface area contributed by atoms with Crippen molar-refractivity contribution in [2.75, 3.05) is 6.61 Å². The number of pyridine rings is 2. The average Bonchev–Trinajstić information content (AvgIpc) is 3.49. The Hall–Kier alpha value is -2.22. The SMILES string of the molecule is CC(C)C[C@](N)(COc1ccc(-c2ccnc(C(F)F)c2)nc1C(F)F)CC1CC1. The van der Waals surface area contributed by atoms with E-state index in [1.165, 1.54) is 24.4 Å². The third kappa shape index (κ3) is 5.90. The van der Waals surface area contributed by atoms with Crippen molar-refractivity contribution in [1.29, 1.82) is 0 Å². The molecule has 2 N–H and O–H groups in total. The molecule has 30 heavy (non-hydrogen) atoms. The molecule has 8 heteroatoms. The second kappa shape index (κ2) is 9.29. The Morgan fingerprint density at radius 3 is 2.47 bits per heavy atom. The Bertz CT molecular complexity index is 852. The highest BCUT2D eigenvalue weighted by molar-refractivity contribution is 5.60. The van der Waals surface area contributed by atoms with E-state index in [4.69, 9.17) is 10.5 Å². The Balaban J connectivity index is 1.82. The Labute approximate surface area is 173 Å². The normalized spacial score (nSPS) is 16.3. The van der Waals surface area contributed by atoms with Crippen LogP contribution in [0.25, 0.3) is 11.3 Å². The van der Waals surface area contributed by atoms with Gasteiger partial charge in [-0.2, -0.15) is 0 Å². The van der Waals surface area contributed by atoms with Crippen LogP contribution in [0.2, 0.25) is 0 Å². The fourth-order valence-electron chi connectivity index (χ4n) is 3.76. The van der Waals surface area contributed by atoms with Crippen molar-refractivity contribution in [3.8, 4) is 17.0 Å². The number of aromatic nitrogens is 2. The van der Waals surface area contributed by atoms with Crippen LogP contribution in [-0.2, 0) is 0 Å².